The number of nitrogens with zero attached hydrogens (tertiary/aromatic N) is 2. The van der Waals surface area contributed by atoms with E-state index in [0.29, 0.717) is 12.1 Å². The van der Waals surface area contributed by atoms with Crippen LogP contribution < -0.4 is 11.1 Å². The predicted molar refractivity (Wildman–Crippen MR) is 85.4 cm³/mol. The Morgan fingerprint density at radius 3 is 3.05 bits per heavy atom. The van der Waals surface area contributed by atoms with E-state index < -0.39 is 0 Å². The van der Waals surface area contributed by atoms with Gasteiger partial charge in [0.1, 0.15) is 5.82 Å². The van der Waals surface area contributed by atoms with Crippen molar-refractivity contribution in [3.05, 3.63) is 27.6 Å². The van der Waals surface area contributed by atoms with Crippen LogP contribution in [0.4, 0.5) is 11.5 Å². The summed E-state index contributed by atoms with van der Waals surface area (Å²) in [5, 5.41) is 10.4. The van der Waals surface area contributed by atoms with Crippen LogP contribution in [-0.4, -0.2) is 9.78 Å². The van der Waals surface area contributed by atoms with Crippen molar-refractivity contribution in [1.29, 1.82) is 0 Å². The minimum absolute atomic E-state index is 0.305. The van der Waals surface area contributed by atoms with E-state index >= 15 is 0 Å². The van der Waals surface area contributed by atoms with Gasteiger partial charge in [0.15, 0.2) is 0 Å². The number of thiophene rings is 1. The number of nitrogens with two attached hydrogens (primary N) is 1. The third-order valence-electron chi connectivity index (χ3n) is 3.98. The van der Waals surface area contributed by atoms with Gasteiger partial charge in [0, 0.05) is 10.9 Å². The van der Waals surface area contributed by atoms with Crippen LogP contribution in [0.2, 0.25) is 0 Å². The average molecular weight is 290 g/mol. The van der Waals surface area contributed by atoms with Crippen LogP contribution in [0.15, 0.2) is 11.4 Å². The highest BCUT2D eigenvalue weighted by Crippen LogP contribution is 2.37. The van der Waals surface area contributed by atoms with Crippen molar-refractivity contribution >= 4 is 22.8 Å². The van der Waals surface area contributed by atoms with Crippen LogP contribution in [0.3, 0.4) is 0 Å². The Kier molecular flexibility index (Phi) is 3.46. The number of fused-ring (bicyclic) bond motifs is 1. The third-order valence-corrected chi connectivity index (χ3v) is 4.98. The Labute approximate surface area is 124 Å². The molecule has 5 heteroatoms. The molecule has 1 aliphatic rings. The molecule has 0 amide bonds. The van der Waals surface area contributed by atoms with E-state index in [9.17, 15) is 0 Å². The molecule has 0 spiro atoms. The summed E-state index contributed by atoms with van der Waals surface area (Å²) in [6, 6.07) is 2.91. The molecule has 2 aromatic heterocycles. The van der Waals surface area contributed by atoms with Crippen LogP contribution in [-0.2, 0) is 6.42 Å². The average Bonchev–Trinajstić information content (AvgIpc) is 2.99. The minimum Gasteiger partial charge on any atom is -0.394 e. The lowest BCUT2D eigenvalue weighted by Gasteiger charge is -2.26. The summed E-state index contributed by atoms with van der Waals surface area (Å²) in [6.07, 6.45) is 3.61. The molecule has 0 aliphatic heterocycles. The molecule has 3 rings (SSSR count). The van der Waals surface area contributed by atoms with Gasteiger partial charge in [-0.05, 0) is 57.0 Å². The van der Waals surface area contributed by atoms with Gasteiger partial charge in [-0.2, -0.15) is 5.10 Å². The number of nitrogens with one attached hydrogen (secondary N) is 1. The highest BCUT2D eigenvalue weighted by Gasteiger charge is 2.24. The van der Waals surface area contributed by atoms with Gasteiger partial charge >= 0.3 is 0 Å². The van der Waals surface area contributed by atoms with E-state index in [-0.39, 0.29) is 0 Å². The summed E-state index contributed by atoms with van der Waals surface area (Å²) in [7, 11) is 0. The van der Waals surface area contributed by atoms with Crippen molar-refractivity contribution < 1.29 is 0 Å². The molecule has 1 atom stereocenters. The molecule has 1 aliphatic carbocycles. The molecule has 108 valence electrons. The zero-order valence-corrected chi connectivity index (χ0v) is 13.1. The van der Waals surface area contributed by atoms with Gasteiger partial charge in [-0.25, -0.2) is 4.68 Å². The zero-order chi connectivity index (χ0) is 14.3. The van der Waals surface area contributed by atoms with Crippen LogP contribution in [0, 0.1) is 6.92 Å². The molecule has 2 aromatic rings. The van der Waals surface area contributed by atoms with Crippen molar-refractivity contribution in [2.24, 2.45) is 0 Å². The van der Waals surface area contributed by atoms with Crippen molar-refractivity contribution in [3.63, 3.8) is 0 Å². The second-order valence-electron chi connectivity index (χ2n) is 5.77. The van der Waals surface area contributed by atoms with E-state index in [4.69, 9.17) is 5.73 Å². The fourth-order valence-corrected chi connectivity index (χ4v) is 3.87. The molecule has 3 N–H and O–H groups in total. The second kappa shape index (κ2) is 5.13. The van der Waals surface area contributed by atoms with Crippen molar-refractivity contribution in [3.8, 4) is 0 Å². The van der Waals surface area contributed by atoms with Crippen LogP contribution >= 0.6 is 11.3 Å². The number of aryl methyl sites for hydroxylation is 2. The molecule has 20 heavy (non-hydrogen) atoms. The van der Waals surface area contributed by atoms with Crippen molar-refractivity contribution in [2.45, 2.75) is 52.1 Å². The Hall–Kier alpha value is -1.49. The Morgan fingerprint density at radius 1 is 1.50 bits per heavy atom. The lowest BCUT2D eigenvalue weighted by molar-refractivity contribution is 0.524. The molecule has 2 heterocycles. The van der Waals surface area contributed by atoms with E-state index in [1.807, 2.05) is 22.9 Å². The first kappa shape index (κ1) is 13.5. The van der Waals surface area contributed by atoms with Gasteiger partial charge in [0.05, 0.1) is 17.4 Å². The standard InChI is InChI=1S/C15H22N4S/c1-9(2)19-15(14(16)10(3)18-19)17-12-5-4-6-13-11(12)7-8-20-13/h7-9,12,17H,4-6,16H2,1-3H3. The summed E-state index contributed by atoms with van der Waals surface area (Å²) in [4.78, 5) is 1.51. The van der Waals surface area contributed by atoms with Gasteiger partial charge in [-0.1, -0.05) is 0 Å². The van der Waals surface area contributed by atoms with Gasteiger partial charge < -0.3 is 11.1 Å². The van der Waals surface area contributed by atoms with Gasteiger partial charge in [0.25, 0.3) is 0 Å². The van der Waals surface area contributed by atoms with Gasteiger partial charge in [0.2, 0.25) is 0 Å². The highest BCUT2D eigenvalue weighted by atomic mass is 32.1. The van der Waals surface area contributed by atoms with E-state index in [1.165, 1.54) is 23.3 Å². The van der Waals surface area contributed by atoms with Gasteiger partial charge in [-0.15, -0.1) is 11.3 Å². The number of nitrogen functional groups attached to an aromatic ring is 1. The molecule has 4 nitrogen and oxygen atoms in total. The summed E-state index contributed by atoms with van der Waals surface area (Å²) in [5.41, 5.74) is 9.33. The maximum Gasteiger partial charge on any atom is 0.148 e. The van der Waals surface area contributed by atoms with Crippen LogP contribution in [0.25, 0.3) is 0 Å². The molecule has 0 fully saturated rings. The van der Waals surface area contributed by atoms with Crippen molar-refractivity contribution in [2.75, 3.05) is 11.1 Å². The second-order valence-corrected chi connectivity index (χ2v) is 6.77. The summed E-state index contributed by atoms with van der Waals surface area (Å²) < 4.78 is 2.01. The van der Waals surface area contributed by atoms with Gasteiger partial charge in [-0.3, -0.25) is 0 Å². The van der Waals surface area contributed by atoms with Crippen LogP contribution in [0.5, 0.6) is 0 Å². The quantitative estimate of drug-likeness (QED) is 0.901. The predicted octanol–water partition coefficient (Wildman–Crippen LogP) is 3.91. The lowest BCUT2D eigenvalue weighted by atomic mass is 9.94. The first-order chi connectivity index (χ1) is 9.58. The maximum absolute atomic E-state index is 6.21. The molecular weight excluding hydrogens is 268 g/mol. The maximum atomic E-state index is 6.21. The SMILES string of the molecule is Cc1nn(C(C)C)c(NC2CCCc3sccc32)c1N. The Bertz CT molecular complexity index is 611. The first-order valence-corrected chi connectivity index (χ1v) is 8.13. The fourth-order valence-electron chi connectivity index (χ4n) is 2.88. The number of hydrogen-bond donors (Lipinski definition) is 2. The molecule has 0 radical (unpaired) electrons. The van der Waals surface area contributed by atoms with Crippen LogP contribution in [0.1, 0.15) is 54.9 Å². The summed E-state index contributed by atoms with van der Waals surface area (Å²) >= 11 is 1.87. The smallest absolute Gasteiger partial charge is 0.148 e. The Morgan fingerprint density at radius 2 is 2.30 bits per heavy atom. The number of anilines is 2. The highest BCUT2D eigenvalue weighted by molar-refractivity contribution is 7.10. The molecule has 0 bridgehead atoms. The zero-order valence-electron chi connectivity index (χ0n) is 12.3. The molecule has 0 saturated carbocycles. The topological polar surface area (TPSA) is 55.9 Å². The minimum atomic E-state index is 0.305. The molecule has 0 saturated heterocycles. The first-order valence-electron chi connectivity index (χ1n) is 7.25. The summed E-state index contributed by atoms with van der Waals surface area (Å²) in [6.45, 7) is 6.23. The number of hydrogen-bond acceptors (Lipinski definition) is 4. The fraction of sp³-hybridized carbons (Fsp3) is 0.533. The molecular formula is C15H22N4S. The third kappa shape index (κ3) is 2.20. The van der Waals surface area contributed by atoms with E-state index in [1.54, 1.807) is 0 Å². The van der Waals surface area contributed by atoms with Crippen molar-refractivity contribution in [1.82, 2.24) is 9.78 Å². The Balaban J connectivity index is 1.93. The summed E-state index contributed by atoms with van der Waals surface area (Å²) in [5.74, 6) is 0.974. The lowest BCUT2D eigenvalue weighted by Crippen LogP contribution is -2.19. The number of aromatic nitrogens is 2. The molecule has 0 aromatic carbocycles. The van der Waals surface area contributed by atoms with E-state index in [2.05, 4.69) is 35.7 Å². The molecule has 1 unspecified atom stereocenters. The van der Waals surface area contributed by atoms with E-state index in [0.717, 1.165) is 23.6 Å². The normalized spacial score (nSPS) is 18.3. The monoisotopic (exact) mass is 290 g/mol. The number of rotatable bonds is 3. The largest absolute Gasteiger partial charge is 0.394 e.